The summed E-state index contributed by atoms with van der Waals surface area (Å²) in [5.41, 5.74) is -0.0377. The van der Waals surface area contributed by atoms with Gasteiger partial charge in [0.1, 0.15) is 17.0 Å². The molecular formula is C19H29NO4. The minimum atomic E-state index is -0.748. The Morgan fingerprint density at radius 1 is 1.29 bits per heavy atom. The van der Waals surface area contributed by atoms with E-state index in [1.807, 2.05) is 39.8 Å². The highest BCUT2D eigenvalue weighted by atomic mass is 16.5. The molecular weight excluding hydrogens is 306 g/mol. The van der Waals surface area contributed by atoms with E-state index in [0.717, 1.165) is 18.7 Å². The van der Waals surface area contributed by atoms with Gasteiger partial charge in [0, 0.05) is 19.6 Å². The highest BCUT2D eigenvalue weighted by molar-refractivity contribution is 5.80. The van der Waals surface area contributed by atoms with Gasteiger partial charge in [0.15, 0.2) is 0 Å². The number of ether oxygens (including phenoxy) is 3. The fourth-order valence-corrected chi connectivity index (χ4v) is 3.58. The van der Waals surface area contributed by atoms with Crippen LogP contribution in [0.4, 0.5) is 0 Å². The van der Waals surface area contributed by atoms with Crippen LogP contribution >= 0.6 is 0 Å². The third-order valence-corrected chi connectivity index (χ3v) is 5.08. The molecule has 5 nitrogen and oxygen atoms in total. The molecule has 2 rings (SSSR count). The van der Waals surface area contributed by atoms with E-state index < -0.39 is 11.3 Å². The van der Waals surface area contributed by atoms with E-state index in [9.17, 15) is 4.79 Å². The van der Waals surface area contributed by atoms with Crippen LogP contribution in [-0.4, -0.2) is 49.5 Å². The first-order chi connectivity index (χ1) is 11.3. The van der Waals surface area contributed by atoms with Crippen LogP contribution in [0.25, 0.3) is 0 Å². The Bertz CT molecular complexity index is 569. The van der Waals surface area contributed by atoms with Crippen molar-refractivity contribution in [2.24, 2.45) is 0 Å². The van der Waals surface area contributed by atoms with E-state index in [0.29, 0.717) is 6.61 Å². The van der Waals surface area contributed by atoms with Gasteiger partial charge in [-0.2, -0.15) is 0 Å². The topological polar surface area (TPSA) is 48.0 Å². The Kier molecular flexibility index (Phi) is 5.56. The predicted molar refractivity (Wildman–Crippen MR) is 93.2 cm³/mol. The molecule has 1 aromatic carbocycles. The molecule has 2 atom stereocenters. The summed E-state index contributed by atoms with van der Waals surface area (Å²) in [4.78, 5) is 14.6. The second kappa shape index (κ2) is 7.11. The van der Waals surface area contributed by atoms with Crippen LogP contribution in [0, 0.1) is 0 Å². The third-order valence-electron chi connectivity index (χ3n) is 5.08. The normalized spacial score (nSPS) is 24.8. The van der Waals surface area contributed by atoms with E-state index in [1.165, 1.54) is 5.56 Å². The number of methoxy groups -OCH3 is 2. The number of hydrogen-bond acceptors (Lipinski definition) is 5. The summed E-state index contributed by atoms with van der Waals surface area (Å²) in [5.74, 6) is 0.910. The van der Waals surface area contributed by atoms with Gasteiger partial charge < -0.3 is 14.2 Å². The molecule has 0 amide bonds. The number of nitrogens with zero attached hydrogens (tertiary/aromatic N) is 1. The van der Waals surface area contributed by atoms with Gasteiger partial charge in [-0.1, -0.05) is 12.1 Å². The summed E-state index contributed by atoms with van der Waals surface area (Å²) in [6.07, 6.45) is 0.818. The van der Waals surface area contributed by atoms with Gasteiger partial charge >= 0.3 is 5.97 Å². The van der Waals surface area contributed by atoms with Crippen LogP contribution in [0.1, 0.15) is 45.6 Å². The summed E-state index contributed by atoms with van der Waals surface area (Å²) >= 11 is 0. The molecule has 24 heavy (non-hydrogen) atoms. The van der Waals surface area contributed by atoms with Crippen LogP contribution in [0.5, 0.6) is 5.75 Å². The number of hydrogen-bond donors (Lipinski definition) is 0. The van der Waals surface area contributed by atoms with Crippen molar-refractivity contribution >= 4 is 5.97 Å². The van der Waals surface area contributed by atoms with E-state index in [-0.39, 0.29) is 11.9 Å². The highest BCUT2D eigenvalue weighted by Gasteiger charge is 2.52. The fraction of sp³-hybridized carbons (Fsp3) is 0.632. The van der Waals surface area contributed by atoms with Gasteiger partial charge in [0.2, 0.25) is 0 Å². The molecule has 1 fully saturated rings. The lowest BCUT2D eigenvalue weighted by atomic mass is 9.95. The molecule has 0 bridgehead atoms. The van der Waals surface area contributed by atoms with Crippen LogP contribution in [0.15, 0.2) is 24.3 Å². The first-order valence-electron chi connectivity index (χ1n) is 8.42. The van der Waals surface area contributed by atoms with Crippen molar-refractivity contribution in [2.75, 3.05) is 27.4 Å². The average molecular weight is 335 g/mol. The monoisotopic (exact) mass is 335 g/mol. The SMILES string of the molecule is CCOC(=O)C(C)(C)N1C[C@@H](c2ccc(OC)cc2)CC1(C)OC. The van der Waals surface area contributed by atoms with Gasteiger partial charge in [-0.25, -0.2) is 0 Å². The fourth-order valence-electron chi connectivity index (χ4n) is 3.58. The average Bonchev–Trinajstić information content (AvgIpc) is 2.94. The lowest BCUT2D eigenvalue weighted by molar-refractivity contribution is -0.177. The van der Waals surface area contributed by atoms with E-state index in [4.69, 9.17) is 14.2 Å². The molecule has 134 valence electrons. The Labute approximate surface area is 144 Å². The molecule has 1 aliphatic rings. The van der Waals surface area contributed by atoms with Crippen molar-refractivity contribution in [2.45, 2.75) is 51.3 Å². The largest absolute Gasteiger partial charge is 0.497 e. The molecule has 1 aromatic rings. The third kappa shape index (κ3) is 3.42. The summed E-state index contributed by atoms with van der Waals surface area (Å²) in [7, 11) is 3.36. The Hall–Kier alpha value is -1.59. The molecule has 0 saturated carbocycles. The zero-order valence-electron chi connectivity index (χ0n) is 15.6. The maximum atomic E-state index is 12.4. The van der Waals surface area contributed by atoms with Gasteiger partial charge in [-0.3, -0.25) is 9.69 Å². The second-order valence-corrected chi connectivity index (χ2v) is 6.94. The summed E-state index contributed by atoms with van der Waals surface area (Å²) in [6, 6.07) is 8.11. The molecule has 1 unspecified atom stereocenters. The number of carbonyl (C=O) groups is 1. The molecule has 0 N–H and O–H groups in total. The van der Waals surface area contributed by atoms with Crippen LogP contribution in [0.2, 0.25) is 0 Å². The number of esters is 1. The number of benzene rings is 1. The standard InChI is InChI=1S/C19H29NO4/c1-7-24-17(21)18(2,3)20-13-15(12-19(20,4)23-6)14-8-10-16(22-5)11-9-14/h8-11,15H,7,12-13H2,1-6H3/t15-,19?/m0/s1. The van der Waals surface area contributed by atoms with Crippen LogP contribution in [-0.2, 0) is 14.3 Å². The van der Waals surface area contributed by atoms with Gasteiger partial charge in [-0.05, 0) is 51.8 Å². The smallest absolute Gasteiger partial charge is 0.326 e. The number of likely N-dealkylation sites (tertiary alicyclic amines) is 1. The molecule has 0 radical (unpaired) electrons. The second-order valence-electron chi connectivity index (χ2n) is 6.94. The molecule has 0 spiro atoms. The Morgan fingerprint density at radius 2 is 1.92 bits per heavy atom. The summed E-state index contributed by atoms with van der Waals surface area (Å²) < 4.78 is 16.3. The zero-order valence-corrected chi connectivity index (χ0v) is 15.6. The Balaban J connectivity index is 2.27. The van der Waals surface area contributed by atoms with Crippen molar-refractivity contribution in [1.29, 1.82) is 0 Å². The van der Waals surface area contributed by atoms with Crippen molar-refractivity contribution in [3.63, 3.8) is 0 Å². The van der Waals surface area contributed by atoms with E-state index >= 15 is 0 Å². The maximum Gasteiger partial charge on any atom is 0.326 e. The van der Waals surface area contributed by atoms with Gasteiger partial charge in [-0.15, -0.1) is 0 Å². The van der Waals surface area contributed by atoms with E-state index in [2.05, 4.69) is 17.0 Å². The van der Waals surface area contributed by atoms with Crippen molar-refractivity contribution < 1.29 is 19.0 Å². The zero-order chi connectivity index (χ0) is 18.0. The minimum absolute atomic E-state index is 0.219. The quantitative estimate of drug-likeness (QED) is 0.747. The minimum Gasteiger partial charge on any atom is -0.497 e. The van der Waals surface area contributed by atoms with Crippen LogP contribution in [0.3, 0.4) is 0 Å². The molecule has 1 saturated heterocycles. The van der Waals surface area contributed by atoms with Crippen LogP contribution < -0.4 is 4.74 Å². The highest BCUT2D eigenvalue weighted by Crippen LogP contribution is 2.43. The Morgan fingerprint density at radius 3 is 2.42 bits per heavy atom. The lowest BCUT2D eigenvalue weighted by Gasteiger charge is -2.43. The van der Waals surface area contributed by atoms with Gasteiger partial charge in [0.05, 0.1) is 13.7 Å². The number of rotatable bonds is 6. The van der Waals surface area contributed by atoms with E-state index in [1.54, 1.807) is 14.2 Å². The summed E-state index contributed by atoms with van der Waals surface area (Å²) in [5, 5.41) is 0. The molecule has 0 aliphatic carbocycles. The van der Waals surface area contributed by atoms with Gasteiger partial charge in [0.25, 0.3) is 0 Å². The molecule has 1 aliphatic heterocycles. The van der Waals surface area contributed by atoms with Crippen molar-refractivity contribution in [1.82, 2.24) is 4.90 Å². The first-order valence-corrected chi connectivity index (χ1v) is 8.42. The first kappa shape index (κ1) is 18.7. The van der Waals surface area contributed by atoms with Crippen molar-refractivity contribution in [3.8, 4) is 5.75 Å². The molecule has 5 heteroatoms. The number of carbonyl (C=O) groups excluding carboxylic acids is 1. The molecule has 1 heterocycles. The predicted octanol–water partition coefficient (Wildman–Crippen LogP) is 3.19. The maximum absolute atomic E-state index is 12.4. The molecule has 0 aromatic heterocycles. The van der Waals surface area contributed by atoms with Crippen molar-refractivity contribution in [3.05, 3.63) is 29.8 Å². The summed E-state index contributed by atoms with van der Waals surface area (Å²) in [6.45, 7) is 8.78. The lowest BCUT2D eigenvalue weighted by Crippen LogP contribution is -2.58.